The maximum atomic E-state index is 12.3. The molecule has 1 fully saturated rings. The smallest absolute Gasteiger partial charge is 0.268 e. The summed E-state index contributed by atoms with van der Waals surface area (Å²) in [6, 6.07) is 3.42. The molecule has 1 aliphatic rings. The molecule has 2 aromatic rings. The Bertz CT molecular complexity index is 712. The fourth-order valence-electron chi connectivity index (χ4n) is 2.68. The van der Waals surface area contributed by atoms with Crippen molar-refractivity contribution in [2.45, 2.75) is 25.0 Å². The molecule has 7 nitrogen and oxygen atoms in total. The molecule has 0 aromatic carbocycles. The topological polar surface area (TPSA) is 95.7 Å². The first-order chi connectivity index (χ1) is 10.7. The third-order valence-corrected chi connectivity index (χ3v) is 3.75. The number of carbonyl (C=O) groups is 1. The molecule has 1 saturated heterocycles. The van der Waals surface area contributed by atoms with Crippen LogP contribution >= 0.6 is 0 Å². The molecule has 0 radical (unpaired) electrons. The summed E-state index contributed by atoms with van der Waals surface area (Å²) in [5, 5.41) is 16.0. The number of hydrogen-bond acceptors (Lipinski definition) is 4. The summed E-state index contributed by atoms with van der Waals surface area (Å²) in [5.74, 6) is -0.231. The Morgan fingerprint density at radius 2 is 2.50 bits per heavy atom. The van der Waals surface area contributed by atoms with E-state index in [9.17, 15) is 4.79 Å². The first-order valence-electron chi connectivity index (χ1n) is 7.17. The lowest BCUT2D eigenvalue weighted by atomic mass is 9.98. The van der Waals surface area contributed by atoms with Crippen molar-refractivity contribution in [3.63, 3.8) is 0 Å². The maximum Gasteiger partial charge on any atom is 0.268 e. The Morgan fingerprint density at radius 1 is 1.64 bits per heavy atom. The highest BCUT2D eigenvalue weighted by Crippen LogP contribution is 2.28. The van der Waals surface area contributed by atoms with Gasteiger partial charge in [0, 0.05) is 31.6 Å². The van der Waals surface area contributed by atoms with Gasteiger partial charge in [-0.1, -0.05) is 0 Å². The van der Waals surface area contributed by atoms with Crippen LogP contribution in [0.25, 0.3) is 0 Å². The average Bonchev–Trinajstić information content (AvgIpc) is 3.16. The van der Waals surface area contributed by atoms with E-state index in [-0.39, 0.29) is 18.1 Å². The van der Waals surface area contributed by atoms with E-state index >= 15 is 0 Å². The molecule has 7 heteroatoms. The zero-order valence-electron chi connectivity index (χ0n) is 12.2. The van der Waals surface area contributed by atoms with Gasteiger partial charge in [0.15, 0.2) is 0 Å². The zero-order valence-corrected chi connectivity index (χ0v) is 12.2. The van der Waals surface area contributed by atoms with Crippen molar-refractivity contribution in [2.75, 3.05) is 6.61 Å². The van der Waals surface area contributed by atoms with Crippen LogP contribution in [0.2, 0.25) is 0 Å². The number of hydrogen-bond donors (Lipinski definition) is 2. The van der Waals surface area contributed by atoms with Gasteiger partial charge in [0.25, 0.3) is 5.91 Å². The lowest BCUT2D eigenvalue weighted by Gasteiger charge is -2.31. The zero-order chi connectivity index (χ0) is 15.5. The van der Waals surface area contributed by atoms with Gasteiger partial charge in [0.2, 0.25) is 0 Å². The Kier molecular flexibility index (Phi) is 3.94. The van der Waals surface area contributed by atoms with Crippen LogP contribution in [0.3, 0.4) is 0 Å². The van der Waals surface area contributed by atoms with E-state index in [1.165, 1.54) is 12.3 Å². The first kappa shape index (κ1) is 14.4. The van der Waals surface area contributed by atoms with Gasteiger partial charge < -0.3 is 15.0 Å². The van der Waals surface area contributed by atoms with Crippen molar-refractivity contribution >= 4 is 5.91 Å². The molecule has 0 bridgehead atoms. The number of aromatic nitrogens is 3. The third kappa shape index (κ3) is 2.87. The Labute approximate surface area is 127 Å². The lowest BCUT2D eigenvalue weighted by Crippen LogP contribution is -2.42. The average molecular weight is 299 g/mol. The minimum atomic E-state index is -0.231. The summed E-state index contributed by atoms with van der Waals surface area (Å²) in [5.41, 5.74) is 1.78. The van der Waals surface area contributed by atoms with Crippen LogP contribution in [-0.4, -0.2) is 33.3 Å². The van der Waals surface area contributed by atoms with Crippen molar-refractivity contribution in [1.29, 1.82) is 5.26 Å². The van der Waals surface area contributed by atoms with Crippen molar-refractivity contribution in [3.05, 3.63) is 41.5 Å². The molecule has 22 heavy (non-hydrogen) atoms. The molecule has 0 spiro atoms. The number of rotatable bonds is 3. The lowest BCUT2D eigenvalue weighted by molar-refractivity contribution is -0.00954. The molecule has 2 aromatic heterocycles. The van der Waals surface area contributed by atoms with Gasteiger partial charge >= 0.3 is 0 Å². The number of amides is 1. The van der Waals surface area contributed by atoms with Crippen molar-refractivity contribution < 1.29 is 9.53 Å². The molecule has 1 amide bonds. The van der Waals surface area contributed by atoms with Crippen LogP contribution in [0.5, 0.6) is 0 Å². The highest BCUT2D eigenvalue weighted by Gasteiger charge is 2.30. The van der Waals surface area contributed by atoms with Gasteiger partial charge in [-0.3, -0.25) is 9.48 Å². The molecule has 0 unspecified atom stereocenters. The summed E-state index contributed by atoms with van der Waals surface area (Å²) < 4.78 is 7.54. The maximum absolute atomic E-state index is 12.3. The van der Waals surface area contributed by atoms with Crippen LogP contribution in [0, 0.1) is 11.3 Å². The molecule has 0 saturated carbocycles. The molecule has 1 aliphatic heterocycles. The standard InChI is InChI=1S/C15H17N5O2/c1-20-9-11(8-18-20)14-12(3-2-4-22-14)19-15(21)13-5-10(6-16)7-17-13/h5,7-9,12,14,17H,2-4H2,1H3,(H,19,21)/t12-,14+/m0/s1. The van der Waals surface area contributed by atoms with Crippen LogP contribution in [0.15, 0.2) is 24.7 Å². The molecular formula is C15H17N5O2. The summed E-state index contributed by atoms with van der Waals surface area (Å²) in [7, 11) is 1.85. The highest BCUT2D eigenvalue weighted by molar-refractivity contribution is 5.93. The van der Waals surface area contributed by atoms with E-state index in [1.54, 1.807) is 10.9 Å². The number of ether oxygens (including phenoxy) is 1. The van der Waals surface area contributed by atoms with E-state index in [4.69, 9.17) is 10.00 Å². The minimum absolute atomic E-state index is 0.112. The molecule has 3 heterocycles. The van der Waals surface area contributed by atoms with E-state index in [0.717, 1.165) is 18.4 Å². The number of nitrogens with one attached hydrogen (secondary N) is 2. The molecule has 2 atom stereocenters. The Morgan fingerprint density at radius 3 is 3.18 bits per heavy atom. The molecule has 2 N–H and O–H groups in total. The minimum Gasteiger partial charge on any atom is -0.371 e. The van der Waals surface area contributed by atoms with Gasteiger partial charge in [-0.15, -0.1) is 0 Å². The van der Waals surface area contributed by atoms with Gasteiger partial charge in [0.1, 0.15) is 17.9 Å². The van der Waals surface area contributed by atoms with Gasteiger partial charge in [-0.05, 0) is 18.9 Å². The largest absolute Gasteiger partial charge is 0.371 e. The predicted molar refractivity (Wildman–Crippen MR) is 77.9 cm³/mol. The number of H-pyrrole nitrogens is 1. The number of aryl methyl sites for hydroxylation is 1. The van der Waals surface area contributed by atoms with Gasteiger partial charge in [0.05, 0.1) is 17.8 Å². The molecule has 0 aliphatic carbocycles. The fraction of sp³-hybridized carbons (Fsp3) is 0.400. The monoisotopic (exact) mass is 299 g/mol. The second kappa shape index (κ2) is 6.03. The quantitative estimate of drug-likeness (QED) is 0.892. The van der Waals surface area contributed by atoms with Gasteiger partial charge in [-0.2, -0.15) is 10.4 Å². The van der Waals surface area contributed by atoms with E-state index < -0.39 is 0 Å². The third-order valence-electron chi connectivity index (χ3n) is 3.75. The van der Waals surface area contributed by atoms with E-state index in [2.05, 4.69) is 15.4 Å². The summed E-state index contributed by atoms with van der Waals surface area (Å²) in [6.07, 6.45) is 6.73. The van der Waals surface area contributed by atoms with Crippen molar-refractivity contribution in [2.24, 2.45) is 7.05 Å². The summed E-state index contributed by atoms with van der Waals surface area (Å²) >= 11 is 0. The van der Waals surface area contributed by atoms with E-state index in [1.807, 2.05) is 19.3 Å². The molecule has 3 rings (SSSR count). The van der Waals surface area contributed by atoms with Crippen LogP contribution in [0.4, 0.5) is 0 Å². The van der Waals surface area contributed by atoms with Gasteiger partial charge in [-0.25, -0.2) is 0 Å². The second-order valence-corrected chi connectivity index (χ2v) is 5.37. The van der Waals surface area contributed by atoms with Crippen molar-refractivity contribution in [1.82, 2.24) is 20.1 Å². The number of nitrogens with zero attached hydrogens (tertiary/aromatic N) is 3. The van der Waals surface area contributed by atoms with Crippen LogP contribution in [0.1, 0.15) is 40.6 Å². The Hall–Kier alpha value is -2.59. The number of aromatic amines is 1. The van der Waals surface area contributed by atoms with Crippen molar-refractivity contribution in [3.8, 4) is 6.07 Å². The summed E-state index contributed by atoms with van der Waals surface area (Å²) in [6.45, 7) is 0.674. The SMILES string of the molecule is Cn1cc([C@H]2OCCC[C@@H]2NC(=O)c2cc(C#N)c[nH]2)cn1. The van der Waals surface area contributed by atoms with Crippen LogP contribution in [-0.2, 0) is 11.8 Å². The predicted octanol–water partition coefficient (Wildman–Crippen LogP) is 1.27. The fourth-order valence-corrected chi connectivity index (χ4v) is 2.68. The Balaban J connectivity index is 1.74. The second-order valence-electron chi connectivity index (χ2n) is 5.37. The summed E-state index contributed by atoms with van der Waals surface area (Å²) in [4.78, 5) is 15.1. The van der Waals surface area contributed by atoms with E-state index in [0.29, 0.717) is 17.9 Å². The highest BCUT2D eigenvalue weighted by atomic mass is 16.5. The molecular weight excluding hydrogens is 282 g/mol. The normalized spacial score (nSPS) is 21.3. The van der Waals surface area contributed by atoms with Crippen LogP contribution < -0.4 is 5.32 Å². The molecule has 114 valence electrons. The number of nitriles is 1. The first-order valence-corrected chi connectivity index (χ1v) is 7.17. The number of carbonyl (C=O) groups excluding carboxylic acids is 1.